The quantitative estimate of drug-likeness (QED) is 0.615. The number of hydrogen-bond donors (Lipinski definition) is 1. The van der Waals surface area contributed by atoms with Crippen LogP contribution >= 0.6 is 38.5 Å². The molecular formula is C7H5BrIN5. The molecule has 2 N–H and O–H groups in total. The Labute approximate surface area is 102 Å². The lowest BCUT2D eigenvalue weighted by Crippen LogP contribution is -2.04. The maximum atomic E-state index is 5.58. The fraction of sp³-hybridized carbons (Fsp3) is 0. The Morgan fingerprint density at radius 3 is 2.79 bits per heavy atom. The van der Waals surface area contributed by atoms with Crippen molar-refractivity contribution < 1.29 is 0 Å². The third-order valence-corrected chi connectivity index (χ3v) is 2.42. The summed E-state index contributed by atoms with van der Waals surface area (Å²) < 4.78 is 3.23. The van der Waals surface area contributed by atoms with E-state index < -0.39 is 0 Å². The van der Waals surface area contributed by atoms with E-state index in [4.69, 9.17) is 5.73 Å². The molecule has 2 aromatic heterocycles. The molecule has 0 saturated carbocycles. The van der Waals surface area contributed by atoms with Crippen LogP contribution in [0.25, 0.3) is 5.95 Å². The van der Waals surface area contributed by atoms with E-state index in [0.29, 0.717) is 16.4 Å². The Hall–Kier alpha value is -0.700. The van der Waals surface area contributed by atoms with Gasteiger partial charge in [0.25, 0.3) is 5.95 Å². The zero-order valence-electron chi connectivity index (χ0n) is 6.85. The van der Waals surface area contributed by atoms with E-state index in [2.05, 4.69) is 53.6 Å². The van der Waals surface area contributed by atoms with Crippen molar-refractivity contribution in [2.75, 3.05) is 5.73 Å². The molecule has 0 aliphatic carbocycles. The Bertz CT molecular complexity index is 449. The Morgan fingerprint density at radius 1 is 1.43 bits per heavy atom. The minimum atomic E-state index is 0.410. The summed E-state index contributed by atoms with van der Waals surface area (Å²) in [5, 5.41) is 4.08. The average molecular weight is 366 g/mol. The molecular weight excluding hydrogens is 361 g/mol. The van der Waals surface area contributed by atoms with Crippen molar-refractivity contribution in [3.63, 3.8) is 0 Å². The maximum absolute atomic E-state index is 5.58. The fourth-order valence-electron chi connectivity index (χ4n) is 0.935. The van der Waals surface area contributed by atoms with E-state index >= 15 is 0 Å². The second-order valence-electron chi connectivity index (χ2n) is 2.52. The topological polar surface area (TPSA) is 69.6 Å². The summed E-state index contributed by atoms with van der Waals surface area (Å²) in [6, 6.07) is 1.64. The first-order valence-electron chi connectivity index (χ1n) is 3.66. The van der Waals surface area contributed by atoms with E-state index in [1.54, 1.807) is 16.9 Å². The summed E-state index contributed by atoms with van der Waals surface area (Å²) >= 11 is 5.41. The summed E-state index contributed by atoms with van der Waals surface area (Å²) in [5.74, 6) is 0.868. The molecule has 0 spiro atoms. The van der Waals surface area contributed by atoms with Gasteiger partial charge >= 0.3 is 0 Å². The van der Waals surface area contributed by atoms with Crippen LogP contribution in [0.4, 0.5) is 5.82 Å². The van der Waals surface area contributed by atoms with Gasteiger partial charge < -0.3 is 5.73 Å². The van der Waals surface area contributed by atoms with E-state index in [1.165, 1.54) is 0 Å². The van der Waals surface area contributed by atoms with Gasteiger partial charge in [0, 0.05) is 12.3 Å². The van der Waals surface area contributed by atoms with E-state index in [-0.39, 0.29) is 0 Å². The monoisotopic (exact) mass is 365 g/mol. The first-order valence-corrected chi connectivity index (χ1v) is 5.53. The zero-order valence-corrected chi connectivity index (χ0v) is 10.6. The van der Waals surface area contributed by atoms with Gasteiger partial charge in [-0.1, -0.05) is 0 Å². The zero-order chi connectivity index (χ0) is 10.1. The molecule has 0 fully saturated rings. The molecule has 7 heteroatoms. The average Bonchev–Trinajstić information content (AvgIpc) is 2.50. The van der Waals surface area contributed by atoms with Crippen molar-refractivity contribution in [3.8, 4) is 5.95 Å². The second-order valence-corrected chi connectivity index (χ2v) is 4.58. The number of halogens is 2. The van der Waals surface area contributed by atoms with Crippen LogP contribution in [0.1, 0.15) is 0 Å². The predicted octanol–water partition coefficient (Wildman–Crippen LogP) is 1.61. The van der Waals surface area contributed by atoms with Gasteiger partial charge in [0.05, 0.1) is 9.77 Å². The Morgan fingerprint density at radius 2 is 2.21 bits per heavy atom. The summed E-state index contributed by atoms with van der Waals surface area (Å²) in [6.07, 6.45) is 3.54. The third-order valence-electron chi connectivity index (χ3n) is 1.46. The molecule has 14 heavy (non-hydrogen) atoms. The maximum Gasteiger partial charge on any atom is 0.253 e. The minimum absolute atomic E-state index is 0.410. The van der Waals surface area contributed by atoms with Crippen LogP contribution in [-0.2, 0) is 0 Å². The summed E-state index contributed by atoms with van der Waals surface area (Å²) in [4.78, 5) is 8.19. The van der Waals surface area contributed by atoms with Crippen molar-refractivity contribution in [1.29, 1.82) is 0 Å². The molecule has 0 aliphatic heterocycles. The van der Waals surface area contributed by atoms with Crippen LogP contribution in [0.2, 0.25) is 0 Å². The highest BCUT2D eigenvalue weighted by atomic mass is 127. The van der Waals surface area contributed by atoms with Gasteiger partial charge in [0.15, 0.2) is 0 Å². The highest BCUT2D eigenvalue weighted by Gasteiger charge is 2.04. The molecule has 5 nitrogen and oxygen atoms in total. The highest BCUT2D eigenvalue weighted by Crippen LogP contribution is 2.12. The molecule has 72 valence electrons. The van der Waals surface area contributed by atoms with Crippen LogP contribution in [0, 0.1) is 3.57 Å². The van der Waals surface area contributed by atoms with Crippen LogP contribution < -0.4 is 5.73 Å². The number of nitrogens with zero attached hydrogens (tertiary/aromatic N) is 4. The van der Waals surface area contributed by atoms with Gasteiger partial charge in [0.1, 0.15) is 10.4 Å². The number of rotatable bonds is 1. The van der Waals surface area contributed by atoms with Crippen molar-refractivity contribution in [2.45, 2.75) is 0 Å². The van der Waals surface area contributed by atoms with Crippen molar-refractivity contribution in [2.24, 2.45) is 0 Å². The van der Waals surface area contributed by atoms with Crippen LogP contribution in [0.5, 0.6) is 0 Å². The minimum Gasteiger partial charge on any atom is -0.383 e. The van der Waals surface area contributed by atoms with Crippen molar-refractivity contribution in [1.82, 2.24) is 19.7 Å². The molecule has 0 saturated heterocycles. The normalized spacial score (nSPS) is 10.4. The molecule has 0 atom stereocenters. The fourth-order valence-corrected chi connectivity index (χ4v) is 1.72. The molecule has 2 rings (SSSR count). The van der Waals surface area contributed by atoms with Gasteiger partial charge in [-0.25, -0.2) is 9.67 Å². The second kappa shape index (κ2) is 3.81. The molecule has 2 heterocycles. The summed E-state index contributed by atoms with van der Waals surface area (Å²) in [6.45, 7) is 0. The smallest absolute Gasteiger partial charge is 0.253 e. The van der Waals surface area contributed by atoms with Gasteiger partial charge in [-0.15, -0.1) is 0 Å². The van der Waals surface area contributed by atoms with Crippen molar-refractivity contribution >= 4 is 44.3 Å². The largest absolute Gasteiger partial charge is 0.383 e. The first kappa shape index (κ1) is 9.84. The van der Waals surface area contributed by atoms with Crippen LogP contribution in [0.15, 0.2) is 23.1 Å². The molecule has 0 aromatic carbocycles. The number of hydrogen-bond acceptors (Lipinski definition) is 4. The Kier molecular flexibility index (Phi) is 2.68. The van der Waals surface area contributed by atoms with E-state index in [0.717, 1.165) is 3.57 Å². The lowest BCUT2D eigenvalue weighted by atomic mass is 10.6. The number of nitrogen functional groups attached to an aromatic ring is 1. The molecule has 0 amide bonds. The number of anilines is 1. The lowest BCUT2D eigenvalue weighted by Gasteiger charge is -2.00. The van der Waals surface area contributed by atoms with E-state index in [9.17, 15) is 0 Å². The number of nitrogens with two attached hydrogens (primary N) is 1. The van der Waals surface area contributed by atoms with Gasteiger partial charge in [-0.3, -0.25) is 0 Å². The molecule has 0 unspecified atom stereocenters. The van der Waals surface area contributed by atoms with Crippen LogP contribution in [0.3, 0.4) is 0 Å². The highest BCUT2D eigenvalue weighted by molar-refractivity contribution is 14.1. The standard InChI is InChI=1S/C7H5BrIN5/c8-5-1-6(10)13-7(12-5)14-3-4(9)2-11-14/h1-3H,(H2,10,12,13). The molecule has 0 radical (unpaired) electrons. The van der Waals surface area contributed by atoms with Gasteiger partial charge in [0.2, 0.25) is 0 Å². The Balaban J connectivity index is 2.51. The SMILES string of the molecule is Nc1cc(Br)nc(-n2cc(I)cn2)n1. The predicted molar refractivity (Wildman–Crippen MR) is 64.0 cm³/mol. The summed E-state index contributed by atoms with van der Waals surface area (Å²) in [7, 11) is 0. The lowest BCUT2D eigenvalue weighted by molar-refractivity contribution is 0.806. The molecule has 0 aliphatic rings. The third kappa shape index (κ3) is 2.03. The first-order chi connectivity index (χ1) is 6.65. The van der Waals surface area contributed by atoms with E-state index in [1.807, 2.05) is 6.20 Å². The molecule has 0 bridgehead atoms. The summed E-state index contributed by atoms with van der Waals surface area (Å²) in [5.41, 5.74) is 5.58. The van der Waals surface area contributed by atoms with Crippen molar-refractivity contribution in [3.05, 3.63) is 26.6 Å². The molecule has 2 aromatic rings. The number of aromatic nitrogens is 4. The van der Waals surface area contributed by atoms with Gasteiger partial charge in [-0.2, -0.15) is 10.1 Å². The van der Waals surface area contributed by atoms with Crippen LogP contribution in [-0.4, -0.2) is 19.7 Å². The van der Waals surface area contributed by atoms with Gasteiger partial charge in [-0.05, 0) is 38.5 Å².